The number of hydrogen-bond acceptors (Lipinski definition) is 6. The maximum atomic E-state index is 12.8. The summed E-state index contributed by atoms with van der Waals surface area (Å²) in [5, 5.41) is 2.45. The number of carbonyl (C=O) groups excluding carboxylic acids is 3. The fraction of sp³-hybridized carbons (Fsp3) is 0.261. The molecule has 0 spiro atoms. The van der Waals surface area contributed by atoms with Crippen molar-refractivity contribution in [3.8, 4) is 11.5 Å². The molecule has 3 rings (SSSR count). The number of nitrogens with zero attached hydrogens (tertiary/aromatic N) is 1. The molecule has 1 atom stereocenters. The summed E-state index contributed by atoms with van der Waals surface area (Å²) in [6.07, 6.45) is 2.40. The zero-order valence-corrected chi connectivity index (χ0v) is 21.3. The van der Waals surface area contributed by atoms with E-state index >= 15 is 0 Å². The number of halogens is 2. The Hall–Kier alpha value is -2.49. The molecule has 1 fully saturated rings. The minimum absolute atomic E-state index is 0.00513. The zero-order valence-electron chi connectivity index (χ0n) is 18.2. The number of para-hydroxylation sites is 1. The number of ether oxygens (including phenoxy) is 2. The van der Waals surface area contributed by atoms with Crippen LogP contribution in [0.25, 0.3) is 6.08 Å². The van der Waals surface area contributed by atoms with Crippen molar-refractivity contribution >= 4 is 68.1 Å². The number of methoxy groups -OCH3 is 1. The fourth-order valence-corrected chi connectivity index (χ4v) is 4.48. The van der Waals surface area contributed by atoms with Gasteiger partial charge in [-0.25, -0.2) is 0 Å². The predicted octanol–water partition coefficient (Wildman–Crippen LogP) is 5.96. The summed E-state index contributed by atoms with van der Waals surface area (Å²) in [5.74, 6) is -0.0143. The maximum Gasteiger partial charge on any atom is 0.294 e. The van der Waals surface area contributed by atoms with Gasteiger partial charge >= 0.3 is 0 Å². The quantitative estimate of drug-likeness (QED) is 0.406. The summed E-state index contributed by atoms with van der Waals surface area (Å²) in [6.45, 7) is 3.56. The lowest BCUT2D eigenvalue weighted by Crippen LogP contribution is -2.36. The van der Waals surface area contributed by atoms with Crippen LogP contribution in [0.4, 0.5) is 10.5 Å². The van der Waals surface area contributed by atoms with Gasteiger partial charge < -0.3 is 14.8 Å². The van der Waals surface area contributed by atoms with Gasteiger partial charge in [0, 0.05) is 0 Å². The van der Waals surface area contributed by atoms with Gasteiger partial charge in [-0.1, -0.05) is 30.7 Å². The van der Waals surface area contributed by atoms with Gasteiger partial charge in [0.2, 0.25) is 5.91 Å². The molecule has 3 amide bonds. The van der Waals surface area contributed by atoms with Crippen LogP contribution in [0.15, 0.2) is 45.8 Å². The second kappa shape index (κ2) is 11.1. The highest BCUT2D eigenvalue weighted by atomic mass is 79.9. The van der Waals surface area contributed by atoms with E-state index in [0.29, 0.717) is 32.2 Å². The van der Waals surface area contributed by atoms with E-state index in [0.717, 1.165) is 23.1 Å². The molecule has 7 nitrogen and oxygen atoms in total. The molecule has 0 aromatic heterocycles. The number of nitrogens with one attached hydrogen (secondary N) is 1. The molecule has 1 N–H and O–H groups in total. The van der Waals surface area contributed by atoms with Gasteiger partial charge in [-0.15, -0.1) is 0 Å². The van der Waals surface area contributed by atoms with Crippen LogP contribution in [0, 0.1) is 0 Å². The lowest BCUT2D eigenvalue weighted by atomic mass is 10.1. The minimum Gasteiger partial charge on any atom is -0.493 e. The van der Waals surface area contributed by atoms with Gasteiger partial charge in [0.15, 0.2) is 11.5 Å². The van der Waals surface area contributed by atoms with Crippen LogP contribution in [-0.2, 0) is 9.59 Å². The van der Waals surface area contributed by atoms with E-state index in [1.165, 1.54) is 7.11 Å². The first-order valence-electron chi connectivity index (χ1n) is 10.1. The molecule has 1 saturated heterocycles. The molecule has 0 saturated carbocycles. The fourth-order valence-electron chi connectivity index (χ4n) is 2.91. The summed E-state index contributed by atoms with van der Waals surface area (Å²) in [5.41, 5.74) is 1.05. The number of benzene rings is 2. The number of hydrogen-bond donors (Lipinski definition) is 1. The first-order valence-corrected chi connectivity index (χ1v) is 12.1. The maximum absolute atomic E-state index is 12.8. The van der Waals surface area contributed by atoms with Crippen LogP contribution in [-0.4, -0.2) is 41.7 Å². The summed E-state index contributed by atoms with van der Waals surface area (Å²) >= 11 is 10.3. The van der Waals surface area contributed by atoms with Crippen LogP contribution in [0.5, 0.6) is 11.5 Å². The second-order valence-corrected chi connectivity index (χ2v) is 9.42. The summed E-state index contributed by atoms with van der Waals surface area (Å²) < 4.78 is 12.0. The van der Waals surface area contributed by atoms with Crippen molar-refractivity contribution in [2.24, 2.45) is 0 Å². The van der Waals surface area contributed by atoms with E-state index in [9.17, 15) is 14.4 Å². The van der Waals surface area contributed by atoms with Crippen LogP contribution >= 0.6 is 39.3 Å². The molecule has 0 unspecified atom stereocenters. The molecule has 33 heavy (non-hydrogen) atoms. The number of rotatable bonds is 8. The first kappa shape index (κ1) is 25.1. The Labute approximate surface area is 209 Å². The molecule has 0 aliphatic carbocycles. The monoisotopic (exact) mass is 552 g/mol. The molecule has 1 aliphatic rings. The highest BCUT2D eigenvalue weighted by molar-refractivity contribution is 9.10. The molecule has 0 bridgehead atoms. The van der Waals surface area contributed by atoms with Crippen LogP contribution < -0.4 is 14.8 Å². The molecule has 2 aromatic carbocycles. The number of carbonyl (C=O) groups is 3. The van der Waals surface area contributed by atoms with Crippen LogP contribution in [0.3, 0.4) is 0 Å². The minimum atomic E-state index is -0.547. The van der Waals surface area contributed by atoms with Crippen molar-refractivity contribution in [1.82, 2.24) is 4.90 Å². The highest BCUT2D eigenvalue weighted by Gasteiger charge is 2.36. The largest absolute Gasteiger partial charge is 0.493 e. The molecule has 1 aliphatic heterocycles. The molecule has 10 heteroatoms. The third kappa shape index (κ3) is 6.10. The normalized spacial score (nSPS) is 15.7. The third-order valence-corrected chi connectivity index (χ3v) is 6.59. The Bertz CT molecular complexity index is 1120. The summed E-state index contributed by atoms with van der Waals surface area (Å²) in [7, 11) is 1.53. The van der Waals surface area contributed by atoms with E-state index in [1.807, 2.05) is 13.8 Å². The van der Waals surface area contributed by atoms with E-state index in [2.05, 4.69) is 21.2 Å². The van der Waals surface area contributed by atoms with Crippen molar-refractivity contribution in [3.63, 3.8) is 0 Å². The molecular weight excluding hydrogens is 532 g/mol. The van der Waals surface area contributed by atoms with Gasteiger partial charge in [-0.2, -0.15) is 0 Å². The highest BCUT2D eigenvalue weighted by Crippen LogP contribution is 2.39. The second-order valence-electron chi connectivity index (χ2n) is 7.17. The molecular formula is C23H22BrClN2O5S. The van der Waals surface area contributed by atoms with E-state index in [4.69, 9.17) is 21.1 Å². The van der Waals surface area contributed by atoms with Crippen molar-refractivity contribution in [2.45, 2.75) is 26.4 Å². The summed E-state index contributed by atoms with van der Waals surface area (Å²) in [4.78, 5) is 38.7. The van der Waals surface area contributed by atoms with Gasteiger partial charge in [0.1, 0.15) is 6.54 Å². The lowest BCUT2D eigenvalue weighted by Gasteiger charge is -2.17. The topological polar surface area (TPSA) is 84.9 Å². The molecule has 0 radical (unpaired) electrons. The Morgan fingerprint density at radius 2 is 2.03 bits per heavy atom. The molecule has 2 aromatic rings. The van der Waals surface area contributed by atoms with Gasteiger partial charge in [-0.3, -0.25) is 19.3 Å². The number of anilines is 1. The molecule has 174 valence electrons. The van der Waals surface area contributed by atoms with Gasteiger partial charge in [0.05, 0.1) is 33.3 Å². The number of imide groups is 1. The van der Waals surface area contributed by atoms with E-state index < -0.39 is 23.6 Å². The number of amides is 3. The van der Waals surface area contributed by atoms with Crippen LogP contribution in [0.2, 0.25) is 5.02 Å². The SMILES string of the molecule is CC[C@H](C)Oc1c(Br)cc(/C=C2/SC(=O)N(CC(=O)Nc3ccccc3Cl)C2=O)cc1OC. The standard InChI is InChI=1S/C23H22BrClN2O5S/c1-4-13(2)32-21-15(24)9-14(10-18(21)31-3)11-19-22(29)27(23(30)33-19)12-20(28)26-17-8-6-5-7-16(17)25/h5-11,13H,4,12H2,1-3H3,(H,26,28)/b19-11+/t13-/m0/s1. The number of thioether (sulfide) groups is 1. The summed E-state index contributed by atoms with van der Waals surface area (Å²) in [6, 6.07) is 10.2. The average molecular weight is 554 g/mol. The first-order chi connectivity index (χ1) is 15.7. The Balaban J connectivity index is 1.77. The van der Waals surface area contributed by atoms with Crippen LogP contribution in [0.1, 0.15) is 25.8 Å². The van der Waals surface area contributed by atoms with Crippen molar-refractivity contribution in [3.05, 3.63) is 56.4 Å². The Morgan fingerprint density at radius 3 is 2.70 bits per heavy atom. The smallest absolute Gasteiger partial charge is 0.294 e. The van der Waals surface area contributed by atoms with Gasteiger partial charge in [0.25, 0.3) is 11.1 Å². The lowest BCUT2D eigenvalue weighted by molar-refractivity contribution is -0.127. The molecule has 1 heterocycles. The van der Waals surface area contributed by atoms with Crippen molar-refractivity contribution < 1.29 is 23.9 Å². The van der Waals surface area contributed by atoms with E-state index in [1.54, 1.807) is 42.5 Å². The Morgan fingerprint density at radius 1 is 1.30 bits per heavy atom. The average Bonchev–Trinajstić information content (AvgIpc) is 3.04. The van der Waals surface area contributed by atoms with E-state index in [-0.39, 0.29) is 11.0 Å². The van der Waals surface area contributed by atoms with Crippen molar-refractivity contribution in [1.29, 1.82) is 0 Å². The Kier molecular flexibility index (Phi) is 8.45. The van der Waals surface area contributed by atoms with Gasteiger partial charge in [-0.05, 0) is 76.9 Å². The third-order valence-electron chi connectivity index (χ3n) is 4.77. The van der Waals surface area contributed by atoms with Crippen molar-refractivity contribution in [2.75, 3.05) is 19.0 Å². The predicted molar refractivity (Wildman–Crippen MR) is 134 cm³/mol. The zero-order chi connectivity index (χ0) is 24.1.